The normalized spacial score (nSPS) is 25.0. The Kier molecular flexibility index (Phi) is 8.07. The Balaban J connectivity index is 1.87. The molecule has 4 atom stereocenters. The number of rotatable bonds is 9. The number of nitrogens with one attached hydrogen (secondary N) is 1. The van der Waals surface area contributed by atoms with Gasteiger partial charge in [0.1, 0.15) is 6.04 Å². The summed E-state index contributed by atoms with van der Waals surface area (Å²) in [6.45, 7) is 7.53. The topological polar surface area (TPSA) is 83.6 Å². The average Bonchev–Trinajstić information content (AvgIpc) is 3.69. The van der Waals surface area contributed by atoms with E-state index in [0.717, 1.165) is 11.1 Å². The molecule has 0 radical (unpaired) electrons. The lowest BCUT2D eigenvalue weighted by Crippen LogP contribution is -2.59. The number of carbonyl (C=O) groups excluding carboxylic acids is 2. The van der Waals surface area contributed by atoms with Gasteiger partial charge in [0.25, 0.3) is 5.91 Å². The Labute approximate surface area is 229 Å². The molecular weight excluding hydrogens is 531 g/mol. The summed E-state index contributed by atoms with van der Waals surface area (Å²) in [6.07, 6.45) is 3.93. The van der Waals surface area contributed by atoms with E-state index in [9.17, 15) is 18.0 Å². The predicted molar refractivity (Wildman–Crippen MR) is 147 cm³/mol. The second-order valence-corrected chi connectivity index (χ2v) is 13.1. The fourth-order valence-corrected chi connectivity index (χ4v) is 7.07. The van der Waals surface area contributed by atoms with Crippen molar-refractivity contribution in [1.29, 1.82) is 0 Å². The average molecular weight is 564 g/mol. The van der Waals surface area contributed by atoms with Gasteiger partial charge in [0.05, 0.1) is 16.7 Å². The second-order valence-electron chi connectivity index (χ2n) is 10.3. The van der Waals surface area contributed by atoms with Crippen LogP contribution in [-0.2, 0) is 19.6 Å². The number of nitrogens with zero attached hydrogens (tertiary/aromatic N) is 1. The third-order valence-electron chi connectivity index (χ3n) is 7.42. The van der Waals surface area contributed by atoms with Gasteiger partial charge in [-0.15, -0.1) is 6.58 Å². The molecule has 1 aliphatic heterocycles. The number of piperidine rings is 1. The molecule has 1 heterocycles. The minimum absolute atomic E-state index is 0.212. The number of benzene rings is 2. The minimum Gasteiger partial charge on any atom is -0.323 e. The van der Waals surface area contributed by atoms with E-state index >= 15 is 0 Å². The van der Waals surface area contributed by atoms with E-state index in [1.54, 1.807) is 36.1 Å². The number of allylic oxidation sites excluding steroid dienone is 1. The van der Waals surface area contributed by atoms with E-state index in [1.807, 2.05) is 37.3 Å². The molecule has 2 aliphatic rings. The molecule has 0 bridgehead atoms. The lowest BCUT2D eigenvalue weighted by atomic mass is 9.67. The van der Waals surface area contributed by atoms with E-state index in [-0.39, 0.29) is 18.2 Å². The van der Waals surface area contributed by atoms with Crippen molar-refractivity contribution in [3.63, 3.8) is 0 Å². The van der Waals surface area contributed by atoms with Crippen LogP contribution in [0.25, 0.3) is 0 Å². The molecule has 0 spiro atoms. The number of likely N-dealkylation sites (tertiary alicyclic amines) is 1. The Morgan fingerprint density at radius 1 is 1.16 bits per heavy atom. The van der Waals surface area contributed by atoms with Gasteiger partial charge < -0.3 is 4.90 Å². The second kappa shape index (κ2) is 10.8. The minimum atomic E-state index is -3.78. The fourth-order valence-electron chi connectivity index (χ4n) is 5.41. The third kappa shape index (κ3) is 5.74. The van der Waals surface area contributed by atoms with Crippen molar-refractivity contribution >= 4 is 45.0 Å². The first kappa shape index (κ1) is 27.7. The largest absolute Gasteiger partial charge is 0.323 e. The Morgan fingerprint density at radius 3 is 2.41 bits per heavy atom. The predicted octanol–water partition coefficient (Wildman–Crippen LogP) is 6.02. The standard InChI is InChI=1S/C28H32Cl2N2O4S/c1-4-15-28(3)17-23(19-7-6-8-21(30)16-19)25(18-9-11-20(29)12-10-18)32(27(28)34)24(5-2)26(33)31-37(35,36)22-13-14-22/h4,6-12,16,22-25H,1,5,13-15,17H2,2-3H3,(H,31,33)/t23-,24+,25-,28+/m1/s1. The zero-order valence-electron chi connectivity index (χ0n) is 21.0. The van der Waals surface area contributed by atoms with Gasteiger partial charge in [0.2, 0.25) is 15.9 Å². The van der Waals surface area contributed by atoms with Gasteiger partial charge in [0, 0.05) is 16.0 Å². The van der Waals surface area contributed by atoms with Gasteiger partial charge in [-0.05, 0) is 67.5 Å². The van der Waals surface area contributed by atoms with Crippen molar-refractivity contribution in [3.05, 3.63) is 82.4 Å². The molecule has 1 N–H and O–H groups in total. The number of hydrogen-bond donors (Lipinski definition) is 1. The fraction of sp³-hybridized carbons (Fsp3) is 0.429. The van der Waals surface area contributed by atoms with Crippen molar-refractivity contribution in [3.8, 4) is 0 Å². The first-order chi connectivity index (χ1) is 17.5. The monoisotopic (exact) mass is 562 g/mol. The van der Waals surface area contributed by atoms with Gasteiger partial charge in [-0.2, -0.15) is 0 Å². The van der Waals surface area contributed by atoms with E-state index in [2.05, 4.69) is 11.3 Å². The highest BCUT2D eigenvalue weighted by atomic mass is 35.5. The molecule has 198 valence electrons. The van der Waals surface area contributed by atoms with Crippen molar-refractivity contribution in [2.24, 2.45) is 5.41 Å². The maximum atomic E-state index is 14.2. The molecule has 0 aromatic heterocycles. The molecule has 2 aromatic rings. The molecule has 1 saturated heterocycles. The molecule has 2 amide bonds. The van der Waals surface area contributed by atoms with Crippen LogP contribution < -0.4 is 4.72 Å². The Morgan fingerprint density at radius 2 is 1.84 bits per heavy atom. The van der Waals surface area contributed by atoms with Crippen LogP contribution in [0.5, 0.6) is 0 Å². The molecule has 37 heavy (non-hydrogen) atoms. The molecule has 9 heteroatoms. The summed E-state index contributed by atoms with van der Waals surface area (Å²) in [4.78, 5) is 29.4. The molecule has 1 aliphatic carbocycles. The van der Waals surface area contributed by atoms with Crippen LogP contribution in [0.4, 0.5) is 0 Å². The molecular formula is C28H32Cl2N2O4S. The SMILES string of the molecule is C=CC[C@@]1(C)C[C@H](c2cccc(Cl)c2)[C@@H](c2ccc(Cl)cc2)N([C@@H](CC)C(=O)NS(=O)(=O)C2CC2)C1=O. The van der Waals surface area contributed by atoms with E-state index in [4.69, 9.17) is 23.2 Å². The number of hydrogen-bond acceptors (Lipinski definition) is 4. The smallest absolute Gasteiger partial charge is 0.256 e. The molecule has 2 aromatic carbocycles. The maximum Gasteiger partial charge on any atom is 0.256 e. The highest BCUT2D eigenvalue weighted by Gasteiger charge is 2.52. The summed E-state index contributed by atoms with van der Waals surface area (Å²) in [6, 6.07) is 13.2. The molecule has 2 fully saturated rings. The number of sulfonamides is 1. The maximum absolute atomic E-state index is 14.2. The highest BCUT2D eigenvalue weighted by molar-refractivity contribution is 7.90. The lowest BCUT2D eigenvalue weighted by molar-refractivity contribution is -0.158. The van der Waals surface area contributed by atoms with Gasteiger partial charge in [0.15, 0.2) is 0 Å². The summed E-state index contributed by atoms with van der Waals surface area (Å²) in [5.74, 6) is -1.12. The summed E-state index contributed by atoms with van der Waals surface area (Å²) in [5, 5.41) is 0.568. The van der Waals surface area contributed by atoms with Crippen LogP contribution in [0.3, 0.4) is 0 Å². The highest BCUT2D eigenvalue weighted by Crippen LogP contribution is 2.52. The van der Waals surface area contributed by atoms with Crippen LogP contribution in [0.1, 0.15) is 69.0 Å². The number of amides is 2. The van der Waals surface area contributed by atoms with Crippen LogP contribution >= 0.6 is 23.2 Å². The first-order valence-electron chi connectivity index (χ1n) is 12.5. The van der Waals surface area contributed by atoms with E-state index in [0.29, 0.717) is 35.7 Å². The zero-order valence-corrected chi connectivity index (χ0v) is 23.3. The summed E-state index contributed by atoms with van der Waals surface area (Å²) >= 11 is 12.6. The molecule has 4 rings (SSSR count). The van der Waals surface area contributed by atoms with Crippen LogP contribution in [-0.4, -0.2) is 36.4 Å². The lowest BCUT2D eigenvalue weighted by Gasteiger charge is -2.51. The van der Waals surface area contributed by atoms with E-state index < -0.39 is 38.7 Å². The van der Waals surface area contributed by atoms with Gasteiger partial charge in [-0.25, -0.2) is 8.42 Å². The zero-order chi connectivity index (χ0) is 27.0. The Hall–Kier alpha value is -2.35. The summed E-state index contributed by atoms with van der Waals surface area (Å²) in [7, 11) is -3.78. The summed E-state index contributed by atoms with van der Waals surface area (Å²) in [5.41, 5.74) is 0.890. The van der Waals surface area contributed by atoms with E-state index in [1.165, 1.54) is 0 Å². The quantitative estimate of drug-likeness (QED) is 0.379. The van der Waals surface area contributed by atoms with Crippen LogP contribution in [0.2, 0.25) is 10.0 Å². The molecule has 1 saturated carbocycles. The van der Waals surface area contributed by atoms with Crippen molar-refractivity contribution < 1.29 is 18.0 Å². The summed E-state index contributed by atoms with van der Waals surface area (Å²) < 4.78 is 27.6. The Bertz CT molecular complexity index is 1290. The number of carbonyl (C=O) groups is 2. The van der Waals surface area contributed by atoms with Crippen molar-refractivity contribution in [2.75, 3.05) is 0 Å². The van der Waals surface area contributed by atoms with Gasteiger partial charge in [-0.3, -0.25) is 14.3 Å². The molecule has 0 unspecified atom stereocenters. The third-order valence-corrected chi connectivity index (χ3v) is 9.74. The van der Waals surface area contributed by atoms with Crippen molar-refractivity contribution in [1.82, 2.24) is 9.62 Å². The van der Waals surface area contributed by atoms with Gasteiger partial charge >= 0.3 is 0 Å². The van der Waals surface area contributed by atoms with Crippen molar-refractivity contribution in [2.45, 2.75) is 69.2 Å². The first-order valence-corrected chi connectivity index (χ1v) is 14.8. The van der Waals surface area contributed by atoms with Crippen LogP contribution in [0.15, 0.2) is 61.2 Å². The molecule has 6 nitrogen and oxygen atoms in total. The number of halogens is 2. The van der Waals surface area contributed by atoms with Gasteiger partial charge in [-0.1, -0.05) is 67.4 Å². The van der Waals surface area contributed by atoms with Crippen LogP contribution in [0, 0.1) is 5.41 Å².